The van der Waals surface area contributed by atoms with Gasteiger partial charge in [-0.05, 0) is 18.2 Å². The van der Waals surface area contributed by atoms with E-state index in [-0.39, 0.29) is 18.3 Å². The zero-order valence-corrected chi connectivity index (χ0v) is 14.4. The van der Waals surface area contributed by atoms with E-state index in [1.807, 2.05) is 17.0 Å². The predicted octanol–water partition coefficient (Wildman–Crippen LogP) is 1.37. The molecule has 1 amide bonds. The van der Waals surface area contributed by atoms with Gasteiger partial charge in [0.15, 0.2) is 0 Å². The van der Waals surface area contributed by atoms with E-state index in [9.17, 15) is 9.00 Å². The third-order valence-electron chi connectivity index (χ3n) is 3.40. The Balaban J connectivity index is 2.06. The van der Waals surface area contributed by atoms with Crippen molar-refractivity contribution in [3.8, 4) is 6.07 Å². The average Bonchev–Trinajstić information content (AvgIpc) is 2.37. The standard InChI is InChI=1S/C14H16BrN3O3S/c1-22(21,5-4-19)17-14(20)11-8-18(9-11)13-3-2-12(15)6-10(13)7-16/h2-3,6,11,19H,4-5,8-9H2,1H3. The summed E-state index contributed by atoms with van der Waals surface area (Å²) in [5, 5.41) is 18.0. The number of hydrogen-bond donors (Lipinski definition) is 1. The number of nitriles is 1. The van der Waals surface area contributed by atoms with E-state index < -0.39 is 15.6 Å². The second-order valence-corrected chi connectivity index (χ2v) is 8.62. The Bertz CT molecular complexity index is 744. The summed E-state index contributed by atoms with van der Waals surface area (Å²) in [5.74, 6) is -0.706. The smallest absolute Gasteiger partial charge is 0.260 e. The van der Waals surface area contributed by atoms with Crippen molar-refractivity contribution in [3.05, 3.63) is 28.2 Å². The first-order valence-corrected chi connectivity index (χ1v) is 9.54. The molecule has 6 nitrogen and oxygen atoms in total. The van der Waals surface area contributed by atoms with Crippen LogP contribution < -0.4 is 4.90 Å². The maximum atomic E-state index is 12.0. The molecule has 0 spiro atoms. The Hall–Kier alpha value is -1.43. The Morgan fingerprint density at radius 2 is 2.27 bits per heavy atom. The van der Waals surface area contributed by atoms with Gasteiger partial charge in [0.2, 0.25) is 0 Å². The van der Waals surface area contributed by atoms with E-state index in [1.54, 1.807) is 6.07 Å². The molecule has 0 saturated carbocycles. The summed E-state index contributed by atoms with van der Waals surface area (Å²) in [5.41, 5.74) is 1.32. The molecule has 1 fully saturated rings. The van der Waals surface area contributed by atoms with Gasteiger partial charge in [0.05, 0.1) is 39.3 Å². The molecule has 1 atom stereocenters. The summed E-state index contributed by atoms with van der Waals surface area (Å²) in [7, 11) is -2.65. The molecular weight excluding hydrogens is 370 g/mol. The van der Waals surface area contributed by atoms with E-state index in [1.165, 1.54) is 6.26 Å². The van der Waals surface area contributed by atoms with Crippen molar-refractivity contribution in [1.29, 1.82) is 5.26 Å². The van der Waals surface area contributed by atoms with E-state index in [2.05, 4.69) is 26.4 Å². The SMILES string of the molecule is CS(=O)(CCO)=NC(=O)C1CN(c2ccc(Br)cc2C#N)C1. The first-order chi connectivity index (χ1) is 10.4. The van der Waals surface area contributed by atoms with Crippen LogP contribution >= 0.6 is 15.9 Å². The summed E-state index contributed by atoms with van der Waals surface area (Å²) in [6.07, 6.45) is 1.38. The van der Waals surface area contributed by atoms with Crippen molar-refractivity contribution >= 4 is 37.3 Å². The third-order valence-corrected chi connectivity index (χ3v) is 5.40. The molecule has 0 radical (unpaired) electrons. The number of hydrogen-bond acceptors (Lipinski definition) is 5. The van der Waals surface area contributed by atoms with E-state index in [0.717, 1.165) is 10.2 Å². The molecule has 0 aromatic heterocycles. The highest BCUT2D eigenvalue weighted by Gasteiger charge is 2.34. The van der Waals surface area contributed by atoms with Crippen LogP contribution in [-0.2, 0) is 14.5 Å². The minimum absolute atomic E-state index is 0.000463. The van der Waals surface area contributed by atoms with Crippen LogP contribution in [-0.4, -0.2) is 46.9 Å². The highest BCUT2D eigenvalue weighted by Crippen LogP contribution is 2.30. The molecule has 1 aromatic carbocycles. The molecule has 1 saturated heterocycles. The monoisotopic (exact) mass is 385 g/mol. The first-order valence-electron chi connectivity index (χ1n) is 6.65. The largest absolute Gasteiger partial charge is 0.395 e. The lowest BCUT2D eigenvalue weighted by Crippen LogP contribution is -2.50. The van der Waals surface area contributed by atoms with Gasteiger partial charge in [0.25, 0.3) is 5.91 Å². The van der Waals surface area contributed by atoms with Crippen LogP contribution in [0, 0.1) is 17.2 Å². The number of carbonyl (C=O) groups excluding carboxylic acids is 1. The number of aliphatic hydroxyl groups excluding tert-OH is 1. The Morgan fingerprint density at radius 3 is 2.86 bits per heavy atom. The van der Waals surface area contributed by atoms with Crippen LogP contribution in [0.2, 0.25) is 0 Å². The van der Waals surface area contributed by atoms with Crippen LogP contribution in [0.1, 0.15) is 5.56 Å². The van der Waals surface area contributed by atoms with Gasteiger partial charge in [-0.25, -0.2) is 4.21 Å². The third kappa shape index (κ3) is 3.85. The van der Waals surface area contributed by atoms with E-state index >= 15 is 0 Å². The van der Waals surface area contributed by atoms with Gasteiger partial charge in [0, 0.05) is 23.8 Å². The van der Waals surface area contributed by atoms with Gasteiger partial charge in [0.1, 0.15) is 6.07 Å². The maximum Gasteiger partial charge on any atom is 0.260 e. The molecule has 8 heteroatoms. The number of carbonyl (C=O) groups is 1. The molecule has 1 aliphatic rings. The molecule has 1 aliphatic heterocycles. The van der Waals surface area contributed by atoms with Crippen molar-refractivity contribution in [2.75, 3.05) is 36.6 Å². The molecule has 1 aromatic rings. The van der Waals surface area contributed by atoms with Crippen molar-refractivity contribution in [3.63, 3.8) is 0 Å². The van der Waals surface area contributed by atoms with Crippen LogP contribution in [0.5, 0.6) is 0 Å². The maximum absolute atomic E-state index is 12.0. The summed E-state index contributed by atoms with van der Waals surface area (Å²) < 4.78 is 16.5. The number of nitrogens with zero attached hydrogens (tertiary/aromatic N) is 3. The van der Waals surface area contributed by atoms with E-state index in [0.29, 0.717) is 18.7 Å². The summed E-state index contributed by atoms with van der Waals surface area (Å²) >= 11 is 3.32. The fraction of sp³-hybridized carbons (Fsp3) is 0.429. The van der Waals surface area contributed by atoms with Gasteiger partial charge in [-0.2, -0.15) is 9.62 Å². The summed E-state index contributed by atoms with van der Waals surface area (Å²) in [6.45, 7) is 0.647. The lowest BCUT2D eigenvalue weighted by atomic mass is 9.97. The Kier molecular flexibility index (Phi) is 5.21. The highest BCUT2D eigenvalue weighted by atomic mass is 79.9. The van der Waals surface area contributed by atoms with Gasteiger partial charge in [-0.1, -0.05) is 15.9 Å². The fourth-order valence-corrected chi connectivity index (χ4v) is 3.51. The second-order valence-electron chi connectivity index (χ2n) is 5.19. The summed E-state index contributed by atoms with van der Waals surface area (Å²) in [6, 6.07) is 7.53. The van der Waals surface area contributed by atoms with Crippen LogP contribution in [0.4, 0.5) is 5.69 Å². The highest BCUT2D eigenvalue weighted by molar-refractivity contribution is 9.10. The molecule has 0 aliphatic carbocycles. The quantitative estimate of drug-likeness (QED) is 0.844. The van der Waals surface area contributed by atoms with Gasteiger partial charge < -0.3 is 10.0 Å². The van der Waals surface area contributed by atoms with Crippen molar-refractivity contribution in [2.24, 2.45) is 10.3 Å². The van der Waals surface area contributed by atoms with Crippen molar-refractivity contribution in [2.45, 2.75) is 0 Å². The van der Waals surface area contributed by atoms with Gasteiger partial charge in [-0.3, -0.25) is 4.79 Å². The molecule has 0 bridgehead atoms. The lowest BCUT2D eigenvalue weighted by molar-refractivity contribution is -0.122. The summed E-state index contributed by atoms with van der Waals surface area (Å²) in [4.78, 5) is 13.9. The molecule has 22 heavy (non-hydrogen) atoms. The van der Waals surface area contributed by atoms with Crippen molar-refractivity contribution in [1.82, 2.24) is 0 Å². The van der Waals surface area contributed by atoms with Crippen LogP contribution in [0.15, 0.2) is 27.0 Å². The normalized spacial score (nSPS) is 17.3. The topological polar surface area (TPSA) is 93.8 Å². The second kappa shape index (κ2) is 6.77. The number of rotatable bonds is 4. The number of benzene rings is 1. The molecule has 118 valence electrons. The fourth-order valence-electron chi connectivity index (χ4n) is 2.18. The number of anilines is 1. The number of halogens is 1. The van der Waals surface area contributed by atoms with Crippen LogP contribution in [0.25, 0.3) is 0 Å². The number of amides is 1. The minimum Gasteiger partial charge on any atom is -0.395 e. The molecule has 1 heterocycles. The number of aliphatic hydroxyl groups is 1. The lowest BCUT2D eigenvalue weighted by Gasteiger charge is -2.39. The Morgan fingerprint density at radius 1 is 1.59 bits per heavy atom. The van der Waals surface area contributed by atoms with E-state index in [4.69, 9.17) is 10.4 Å². The average molecular weight is 386 g/mol. The molecule has 1 unspecified atom stereocenters. The predicted molar refractivity (Wildman–Crippen MR) is 88.0 cm³/mol. The van der Waals surface area contributed by atoms with Crippen LogP contribution in [0.3, 0.4) is 0 Å². The first kappa shape index (κ1) is 16.9. The molecule has 1 N–H and O–H groups in total. The zero-order valence-electron chi connectivity index (χ0n) is 12.0. The zero-order chi connectivity index (χ0) is 16.3. The minimum atomic E-state index is -2.65. The van der Waals surface area contributed by atoms with Gasteiger partial charge in [-0.15, -0.1) is 0 Å². The van der Waals surface area contributed by atoms with Crippen molar-refractivity contribution < 1.29 is 14.1 Å². The molecular formula is C14H16BrN3O3S. The molecule has 2 rings (SSSR count). The Labute approximate surface area is 138 Å². The van der Waals surface area contributed by atoms with Gasteiger partial charge >= 0.3 is 0 Å².